The fourth-order valence-corrected chi connectivity index (χ4v) is 3.68. The zero-order valence-corrected chi connectivity index (χ0v) is 13.6. The average Bonchev–Trinajstić information content (AvgIpc) is 3.00. The second-order valence-corrected chi connectivity index (χ2v) is 6.84. The number of aromatic nitrogens is 2. The highest BCUT2D eigenvalue weighted by molar-refractivity contribution is 5.42. The Kier molecular flexibility index (Phi) is 4.43. The molecular formula is C17H28N4. The fraction of sp³-hybridized carbons (Fsp3) is 0.765. The van der Waals surface area contributed by atoms with Crippen molar-refractivity contribution in [2.75, 3.05) is 18.0 Å². The van der Waals surface area contributed by atoms with Crippen molar-refractivity contribution in [3.63, 3.8) is 0 Å². The van der Waals surface area contributed by atoms with Gasteiger partial charge in [0.1, 0.15) is 11.6 Å². The SMILES string of the molecule is Cc1cc(N2CCCCC2C2CCCN2)nc(C(C)C)n1. The molecule has 0 aromatic carbocycles. The minimum atomic E-state index is 0.386. The van der Waals surface area contributed by atoms with Crippen molar-refractivity contribution < 1.29 is 0 Å². The first-order chi connectivity index (χ1) is 10.1. The first-order valence-corrected chi connectivity index (χ1v) is 8.51. The van der Waals surface area contributed by atoms with Crippen molar-refractivity contribution in [3.05, 3.63) is 17.6 Å². The van der Waals surface area contributed by atoms with E-state index in [0.717, 1.165) is 23.9 Å². The number of nitrogens with one attached hydrogen (secondary N) is 1. The fourth-order valence-electron chi connectivity index (χ4n) is 3.68. The van der Waals surface area contributed by atoms with E-state index in [1.54, 1.807) is 0 Å². The van der Waals surface area contributed by atoms with Gasteiger partial charge in [-0.15, -0.1) is 0 Å². The van der Waals surface area contributed by atoms with Crippen molar-refractivity contribution in [1.82, 2.24) is 15.3 Å². The molecule has 3 heterocycles. The molecule has 2 saturated heterocycles. The molecule has 1 aromatic heterocycles. The van der Waals surface area contributed by atoms with E-state index in [4.69, 9.17) is 4.98 Å². The summed E-state index contributed by atoms with van der Waals surface area (Å²) in [5.41, 5.74) is 1.09. The maximum atomic E-state index is 4.87. The van der Waals surface area contributed by atoms with E-state index in [1.807, 2.05) is 0 Å². The minimum Gasteiger partial charge on any atom is -0.352 e. The predicted molar refractivity (Wildman–Crippen MR) is 86.9 cm³/mol. The number of anilines is 1. The van der Waals surface area contributed by atoms with Gasteiger partial charge < -0.3 is 10.2 Å². The normalized spacial score (nSPS) is 26.6. The van der Waals surface area contributed by atoms with Crippen LogP contribution in [0, 0.1) is 6.92 Å². The van der Waals surface area contributed by atoms with Crippen molar-refractivity contribution in [2.45, 2.75) is 70.9 Å². The molecule has 1 N–H and O–H groups in total. The maximum Gasteiger partial charge on any atom is 0.133 e. The number of aryl methyl sites for hydroxylation is 1. The molecule has 2 fully saturated rings. The van der Waals surface area contributed by atoms with E-state index < -0.39 is 0 Å². The monoisotopic (exact) mass is 288 g/mol. The molecular weight excluding hydrogens is 260 g/mol. The lowest BCUT2D eigenvalue weighted by Gasteiger charge is -2.40. The molecule has 2 atom stereocenters. The molecule has 2 aliphatic heterocycles. The predicted octanol–water partition coefficient (Wildman–Crippen LogP) is 3.02. The van der Waals surface area contributed by atoms with Crippen molar-refractivity contribution >= 4 is 5.82 Å². The van der Waals surface area contributed by atoms with Crippen molar-refractivity contribution in [1.29, 1.82) is 0 Å². The highest BCUT2D eigenvalue weighted by atomic mass is 15.3. The van der Waals surface area contributed by atoms with Crippen LogP contribution in [0.4, 0.5) is 5.82 Å². The Labute approximate surface area is 128 Å². The van der Waals surface area contributed by atoms with E-state index in [-0.39, 0.29) is 0 Å². The summed E-state index contributed by atoms with van der Waals surface area (Å²) in [7, 11) is 0. The van der Waals surface area contributed by atoms with Crippen LogP contribution in [0.15, 0.2) is 6.07 Å². The molecule has 116 valence electrons. The van der Waals surface area contributed by atoms with Crippen molar-refractivity contribution in [2.24, 2.45) is 0 Å². The van der Waals surface area contributed by atoms with Gasteiger partial charge in [0, 0.05) is 36.3 Å². The largest absolute Gasteiger partial charge is 0.352 e. The smallest absolute Gasteiger partial charge is 0.133 e. The molecule has 4 nitrogen and oxygen atoms in total. The Morgan fingerprint density at radius 2 is 2.05 bits per heavy atom. The van der Waals surface area contributed by atoms with Crippen LogP contribution in [0.2, 0.25) is 0 Å². The summed E-state index contributed by atoms with van der Waals surface area (Å²) in [5.74, 6) is 2.51. The lowest BCUT2D eigenvalue weighted by Crippen LogP contribution is -2.50. The van der Waals surface area contributed by atoms with Gasteiger partial charge in [-0.1, -0.05) is 13.8 Å². The van der Waals surface area contributed by atoms with E-state index in [1.165, 1.54) is 38.6 Å². The van der Waals surface area contributed by atoms with E-state index in [9.17, 15) is 0 Å². The third-order valence-electron chi connectivity index (χ3n) is 4.78. The van der Waals surface area contributed by atoms with Crippen LogP contribution in [-0.4, -0.2) is 35.1 Å². The molecule has 0 saturated carbocycles. The topological polar surface area (TPSA) is 41.0 Å². The molecule has 1 aromatic rings. The van der Waals surface area contributed by atoms with Gasteiger partial charge in [-0.3, -0.25) is 0 Å². The number of rotatable bonds is 3. The summed E-state index contributed by atoms with van der Waals surface area (Å²) in [6, 6.07) is 3.41. The molecule has 3 rings (SSSR count). The van der Waals surface area contributed by atoms with Gasteiger partial charge in [-0.25, -0.2) is 9.97 Å². The van der Waals surface area contributed by atoms with Crippen LogP contribution in [0.5, 0.6) is 0 Å². The molecule has 0 amide bonds. The van der Waals surface area contributed by atoms with Crippen LogP contribution in [-0.2, 0) is 0 Å². The molecule has 21 heavy (non-hydrogen) atoms. The summed E-state index contributed by atoms with van der Waals surface area (Å²) >= 11 is 0. The third kappa shape index (κ3) is 3.20. The first-order valence-electron chi connectivity index (χ1n) is 8.51. The first kappa shape index (κ1) is 14.8. The molecule has 2 unspecified atom stereocenters. The van der Waals surface area contributed by atoms with Gasteiger partial charge in [0.15, 0.2) is 0 Å². The van der Waals surface area contributed by atoms with Gasteiger partial charge in [0.25, 0.3) is 0 Å². The Bertz CT molecular complexity index is 480. The molecule has 0 radical (unpaired) electrons. The van der Waals surface area contributed by atoms with Crippen LogP contribution >= 0.6 is 0 Å². The molecule has 4 heteroatoms. The van der Waals surface area contributed by atoms with E-state index in [2.05, 4.69) is 42.0 Å². The summed E-state index contributed by atoms with van der Waals surface area (Å²) < 4.78 is 0. The lowest BCUT2D eigenvalue weighted by molar-refractivity contribution is 0.375. The zero-order valence-electron chi connectivity index (χ0n) is 13.6. The summed E-state index contributed by atoms with van der Waals surface area (Å²) in [6.45, 7) is 8.74. The summed E-state index contributed by atoms with van der Waals surface area (Å²) in [4.78, 5) is 12.0. The average molecular weight is 288 g/mol. The van der Waals surface area contributed by atoms with Crippen LogP contribution in [0.1, 0.15) is 63.4 Å². The van der Waals surface area contributed by atoms with E-state index >= 15 is 0 Å². The van der Waals surface area contributed by atoms with E-state index in [0.29, 0.717) is 18.0 Å². The molecule has 0 spiro atoms. The Balaban J connectivity index is 1.88. The van der Waals surface area contributed by atoms with Crippen LogP contribution in [0.3, 0.4) is 0 Å². The zero-order chi connectivity index (χ0) is 14.8. The number of hydrogen-bond acceptors (Lipinski definition) is 4. The number of hydrogen-bond donors (Lipinski definition) is 1. The van der Waals surface area contributed by atoms with Gasteiger partial charge in [0.2, 0.25) is 0 Å². The molecule has 0 bridgehead atoms. The number of nitrogens with zero attached hydrogens (tertiary/aromatic N) is 3. The Morgan fingerprint density at radius 3 is 2.76 bits per heavy atom. The summed E-state index contributed by atoms with van der Waals surface area (Å²) in [5, 5.41) is 3.69. The quantitative estimate of drug-likeness (QED) is 0.928. The Hall–Kier alpha value is -1.16. The highest BCUT2D eigenvalue weighted by Crippen LogP contribution is 2.29. The van der Waals surface area contributed by atoms with Crippen LogP contribution in [0.25, 0.3) is 0 Å². The van der Waals surface area contributed by atoms with Gasteiger partial charge in [-0.2, -0.15) is 0 Å². The Morgan fingerprint density at radius 1 is 1.19 bits per heavy atom. The number of piperidine rings is 1. The van der Waals surface area contributed by atoms with Crippen molar-refractivity contribution in [3.8, 4) is 0 Å². The second-order valence-electron chi connectivity index (χ2n) is 6.84. The molecule has 0 aliphatic carbocycles. The standard InChI is InChI=1S/C17H28N4/c1-12(2)17-19-13(3)11-16(20-17)21-10-5-4-8-15(21)14-7-6-9-18-14/h11-12,14-15,18H,4-10H2,1-3H3. The lowest BCUT2D eigenvalue weighted by atomic mass is 9.94. The third-order valence-corrected chi connectivity index (χ3v) is 4.78. The van der Waals surface area contributed by atoms with Crippen LogP contribution < -0.4 is 10.2 Å². The van der Waals surface area contributed by atoms with Gasteiger partial charge in [0.05, 0.1) is 0 Å². The van der Waals surface area contributed by atoms with Gasteiger partial charge >= 0.3 is 0 Å². The van der Waals surface area contributed by atoms with Gasteiger partial charge in [-0.05, 0) is 45.6 Å². The second kappa shape index (κ2) is 6.30. The summed E-state index contributed by atoms with van der Waals surface area (Å²) in [6.07, 6.45) is 6.54. The minimum absolute atomic E-state index is 0.386. The maximum absolute atomic E-state index is 4.87. The highest BCUT2D eigenvalue weighted by Gasteiger charge is 2.32. The molecule has 2 aliphatic rings.